The molecule has 6 rings (SSSR count). The van der Waals surface area contributed by atoms with Crippen molar-refractivity contribution in [1.29, 1.82) is 10.5 Å². The molecule has 7 heteroatoms. The molecule has 0 aliphatic carbocycles. The van der Waals surface area contributed by atoms with Crippen molar-refractivity contribution in [2.24, 2.45) is 0 Å². The molecule has 43 heavy (non-hydrogen) atoms. The van der Waals surface area contributed by atoms with Crippen molar-refractivity contribution < 1.29 is 23.0 Å². The van der Waals surface area contributed by atoms with E-state index >= 15 is 0 Å². The molecule has 0 aliphatic rings. The summed E-state index contributed by atoms with van der Waals surface area (Å²) in [4.78, 5) is 10.1. The minimum Gasteiger partial charge on any atom is -0.457 e. The number of furan rings is 3. The van der Waals surface area contributed by atoms with Crippen molar-refractivity contribution in [1.82, 2.24) is 0 Å². The van der Waals surface area contributed by atoms with Crippen LogP contribution in [0, 0.1) is 22.7 Å². The second-order valence-corrected chi connectivity index (χ2v) is 9.32. The third kappa shape index (κ3) is 7.82. The number of benzene rings is 3. The fraction of sp³-hybridized carbons (Fsp3) is 0.0833. The smallest absolute Gasteiger partial charge is 0.284 e. The average Bonchev–Trinajstić information content (AvgIpc) is 3.76. The number of rotatable bonds is 8. The lowest BCUT2D eigenvalue weighted by atomic mass is 10.2. The molecule has 0 fully saturated rings. The number of nitrogens with zero attached hydrogens (tertiary/aromatic N) is 2. The highest BCUT2D eigenvalue weighted by molar-refractivity contribution is 5.81. The number of hydrogen-bond acceptors (Lipinski definition) is 7. The molecule has 0 saturated carbocycles. The molecule has 0 saturated heterocycles. The zero-order chi connectivity index (χ0) is 29.9. The van der Waals surface area contributed by atoms with Crippen molar-refractivity contribution in [2.75, 3.05) is 6.61 Å². The van der Waals surface area contributed by atoms with Crippen LogP contribution in [-0.2, 0) is 9.78 Å². The zero-order valence-corrected chi connectivity index (χ0v) is 23.3. The summed E-state index contributed by atoms with van der Waals surface area (Å²) in [7, 11) is 0. The Hall–Kier alpha value is -5.98. The van der Waals surface area contributed by atoms with Gasteiger partial charge in [-0.25, -0.2) is 0 Å². The maximum Gasteiger partial charge on any atom is 0.284 e. The minimum absolute atomic E-state index is 0.0771. The van der Waals surface area contributed by atoms with Crippen molar-refractivity contribution >= 4 is 51.1 Å². The van der Waals surface area contributed by atoms with E-state index in [1.165, 1.54) is 0 Å². The Morgan fingerprint density at radius 1 is 0.721 bits per heavy atom. The Bertz CT molecular complexity index is 1970. The molecule has 0 radical (unpaired) electrons. The van der Waals surface area contributed by atoms with Crippen molar-refractivity contribution in [3.05, 3.63) is 131 Å². The molecule has 0 amide bonds. The first-order valence-electron chi connectivity index (χ1n) is 13.5. The van der Waals surface area contributed by atoms with E-state index in [4.69, 9.17) is 33.6 Å². The van der Waals surface area contributed by atoms with Gasteiger partial charge in [-0.2, -0.15) is 15.4 Å². The van der Waals surface area contributed by atoms with Crippen LogP contribution >= 0.6 is 0 Å². The lowest BCUT2D eigenvalue weighted by Crippen LogP contribution is -1.94. The first-order valence-corrected chi connectivity index (χ1v) is 13.5. The molecule has 0 spiro atoms. The van der Waals surface area contributed by atoms with Gasteiger partial charge < -0.3 is 18.1 Å². The van der Waals surface area contributed by atoms with Crippen molar-refractivity contribution in [3.8, 4) is 12.1 Å². The van der Waals surface area contributed by atoms with Gasteiger partial charge in [-0.05, 0) is 61.9 Å². The second-order valence-electron chi connectivity index (χ2n) is 9.32. The maximum absolute atomic E-state index is 9.13. The fourth-order valence-electron chi connectivity index (χ4n) is 4.11. The number of allylic oxidation sites excluding steroid dienone is 2. The van der Waals surface area contributed by atoms with Gasteiger partial charge in [0.2, 0.25) is 0 Å². The lowest BCUT2D eigenvalue weighted by molar-refractivity contribution is -0.255. The van der Waals surface area contributed by atoms with Gasteiger partial charge in [0, 0.05) is 27.8 Å². The zero-order valence-electron chi connectivity index (χ0n) is 23.3. The highest BCUT2D eigenvalue weighted by atomic mass is 17.2. The van der Waals surface area contributed by atoms with E-state index in [2.05, 4.69) is 11.8 Å². The van der Waals surface area contributed by atoms with Gasteiger partial charge >= 0.3 is 0 Å². The first kappa shape index (κ1) is 28.5. The van der Waals surface area contributed by atoms with Crippen LogP contribution in [0.5, 0.6) is 0 Å². The van der Waals surface area contributed by atoms with Gasteiger partial charge in [-0.1, -0.05) is 66.4 Å². The Morgan fingerprint density at radius 3 is 1.84 bits per heavy atom. The molecule has 7 nitrogen and oxygen atoms in total. The third-order valence-corrected chi connectivity index (χ3v) is 6.11. The fourth-order valence-corrected chi connectivity index (χ4v) is 4.11. The molecule has 0 bridgehead atoms. The van der Waals surface area contributed by atoms with Crippen molar-refractivity contribution in [2.45, 2.75) is 13.3 Å². The Morgan fingerprint density at radius 2 is 1.26 bits per heavy atom. The van der Waals surface area contributed by atoms with E-state index in [0.717, 1.165) is 44.4 Å². The molecular formula is C36H26N2O5. The molecule has 3 aromatic heterocycles. The summed E-state index contributed by atoms with van der Waals surface area (Å²) in [6.45, 7) is 2.04. The first-order chi connectivity index (χ1) is 21.1. The highest BCUT2D eigenvalue weighted by Crippen LogP contribution is 2.22. The van der Waals surface area contributed by atoms with Crippen LogP contribution < -0.4 is 0 Å². The quantitative estimate of drug-likeness (QED) is 0.0451. The standard InChI is InChI=1S/C24H17NO4.C12H9NO/c25-17-22(13-12-21-16-19-8-2-4-11-24(19)28-21)29-26-14-6-5-9-20-15-18-7-1-3-10-23(18)27-20;1-9(8-13)6-11-7-10-4-2-3-5-12(10)14-11/h1-5,7-12,15-16H,6,14H2;2-7H,1H3. The summed E-state index contributed by atoms with van der Waals surface area (Å²) < 4.78 is 16.8. The van der Waals surface area contributed by atoms with E-state index in [1.807, 2.05) is 109 Å². The molecule has 0 aliphatic heterocycles. The summed E-state index contributed by atoms with van der Waals surface area (Å²) in [5.41, 5.74) is 5.85. The number of fused-ring (bicyclic) bond motifs is 3. The van der Waals surface area contributed by atoms with E-state index in [1.54, 1.807) is 19.1 Å². The lowest BCUT2D eigenvalue weighted by Gasteiger charge is -1.98. The average molecular weight is 567 g/mol. The summed E-state index contributed by atoms with van der Waals surface area (Å²) in [6, 6.07) is 33.0. The largest absolute Gasteiger partial charge is 0.457 e. The summed E-state index contributed by atoms with van der Waals surface area (Å²) in [6.07, 6.45) is 7.68. The number of nitriles is 2. The molecule has 210 valence electrons. The van der Waals surface area contributed by atoms with E-state index in [-0.39, 0.29) is 12.4 Å². The van der Waals surface area contributed by atoms with Crippen LogP contribution in [0.2, 0.25) is 0 Å². The molecular weight excluding hydrogens is 540 g/mol. The molecule has 3 aromatic carbocycles. The summed E-state index contributed by atoms with van der Waals surface area (Å²) in [5, 5.41) is 20.8. The normalized spacial score (nSPS) is 11.1. The molecule has 6 aromatic rings. The van der Waals surface area contributed by atoms with Crippen LogP contribution in [0.25, 0.3) is 51.1 Å². The van der Waals surface area contributed by atoms with E-state index in [9.17, 15) is 0 Å². The van der Waals surface area contributed by atoms with Crippen LogP contribution in [-0.4, -0.2) is 6.61 Å². The van der Waals surface area contributed by atoms with E-state index in [0.29, 0.717) is 17.8 Å². The number of hydrogen-bond donors (Lipinski definition) is 0. The summed E-state index contributed by atoms with van der Waals surface area (Å²) in [5.74, 6) is 2.01. The minimum atomic E-state index is -0.0771. The van der Waals surface area contributed by atoms with Gasteiger partial charge in [0.25, 0.3) is 5.76 Å². The van der Waals surface area contributed by atoms with Crippen molar-refractivity contribution in [3.63, 3.8) is 0 Å². The maximum atomic E-state index is 9.13. The molecule has 0 atom stereocenters. The predicted octanol–water partition coefficient (Wildman–Crippen LogP) is 9.61. The monoisotopic (exact) mass is 566 g/mol. The molecule has 0 unspecified atom stereocenters. The van der Waals surface area contributed by atoms with Crippen LogP contribution in [0.4, 0.5) is 0 Å². The number of para-hydroxylation sites is 3. The van der Waals surface area contributed by atoms with Crippen LogP contribution in [0.15, 0.2) is 127 Å². The SMILES string of the molecule is CC(C#N)=Cc1cc2ccccc2o1.N#CC(=C=Cc1cc2ccccc2o1)OOCCC=Cc1cc2ccccc2o1. The third-order valence-electron chi connectivity index (χ3n) is 6.11. The summed E-state index contributed by atoms with van der Waals surface area (Å²) >= 11 is 0. The Kier molecular flexibility index (Phi) is 9.34. The predicted molar refractivity (Wildman–Crippen MR) is 166 cm³/mol. The Balaban J connectivity index is 0.000000220. The van der Waals surface area contributed by atoms with Gasteiger partial charge in [0.05, 0.1) is 12.7 Å². The van der Waals surface area contributed by atoms with Gasteiger partial charge in [0.15, 0.2) is 6.07 Å². The highest BCUT2D eigenvalue weighted by Gasteiger charge is 2.02. The topological polar surface area (TPSA) is 105 Å². The van der Waals surface area contributed by atoms with Crippen LogP contribution in [0.1, 0.15) is 30.6 Å². The van der Waals surface area contributed by atoms with Crippen LogP contribution in [0.3, 0.4) is 0 Å². The van der Waals surface area contributed by atoms with Gasteiger partial charge in [-0.3, -0.25) is 0 Å². The van der Waals surface area contributed by atoms with Gasteiger partial charge in [0.1, 0.15) is 34.0 Å². The molecule has 3 heterocycles. The van der Waals surface area contributed by atoms with Gasteiger partial charge in [-0.15, -0.1) is 0 Å². The Labute approximate surface area is 248 Å². The molecule has 0 N–H and O–H groups in total. The second kappa shape index (κ2) is 14.1. The van der Waals surface area contributed by atoms with E-state index < -0.39 is 0 Å².